The minimum Gasteiger partial charge on any atom is -0.495 e. The number of hydrogen-bond acceptors (Lipinski definition) is 7. The van der Waals surface area contributed by atoms with E-state index in [2.05, 4.69) is 20.8 Å². The molecule has 8 heteroatoms. The Morgan fingerprint density at radius 1 is 1.26 bits per heavy atom. The molecule has 0 saturated heterocycles. The fraction of sp³-hybridized carbons (Fsp3) is 0.0667. The minimum atomic E-state index is -0.326. The second-order valence-corrected chi connectivity index (χ2v) is 5.58. The summed E-state index contributed by atoms with van der Waals surface area (Å²) in [5.41, 5.74) is 3.77. The number of methoxy groups -OCH3 is 1. The first-order valence-corrected chi connectivity index (χ1v) is 7.44. The number of anilines is 2. The van der Waals surface area contributed by atoms with Crippen LogP contribution in [0.15, 0.2) is 42.5 Å². The normalized spacial score (nSPS) is 10.5. The zero-order chi connectivity index (χ0) is 16.2. The number of benzene rings is 2. The van der Waals surface area contributed by atoms with Gasteiger partial charge in [-0.2, -0.15) is 0 Å². The lowest BCUT2D eigenvalue weighted by Crippen LogP contribution is -2.12. The zero-order valence-corrected chi connectivity index (χ0v) is 12.9. The Balaban J connectivity index is 1.83. The molecule has 0 saturated carbocycles. The molecule has 0 unspecified atom stereocenters. The van der Waals surface area contributed by atoms with Gasteiger partial charge in [0.25, 0.3) is 5.91 Å². The lowest BCUT2D eigenvalue weighted by atomic mass is 10.2. The summed E-state index contributed by atoms with van der Waals surface area (Å²) in [6.07, 6.45) is 0. The number of para-hydroxylation sites is 1. The van der Waals surface area contributed by atoms with Crippen molar-refractivity contribution in [1.82, 2.24) is 4.98 Å². The van der Waals surface area contributed by atoms with Gasteiger partial charge in [-0.1, -0.05) is 23.5 Å². The van der Waals surface area contributed by atoms with Crippen LogP contribution in [0.1, 0.15) is 10.4 Å². The van der Waals surface area contributed by atoms with Crippen LogP contribution in [0.5, 0.6) is 5.75 Å². The van der Waals surface area contributed by atoms with Crippen molar-refractivity contribution >= 4 is 38.3 Å². The van der Waals surface area contributed by atoms with Gasteiger partial charge >= 0.3 is 0 Å². The van der Waals surface area contributed by atoms with Crippen LogP contribution in [0, 0.1) is 0 Å². The quantitative estimate of drug-likeness (QED) is 0.490. The van der Waals surface area contributed by atoms with Gasteiger partial charge < -0.3 is 4.74 Å². The van der Waals surface area contributed by atoms with E-state index in [9.17, 15) is 4.79 Å². The Hall–Kier alpha value is -2.68. The molecular weight excluding hydrogens is 318 g/mol. The van der Waals surface area contributed by atoms with Crippen LogP contribution in [-0.4, -0.2) is 23.3 Å². The van der Waals surface area contributed by atoms with Gasteiger partial charge in [0.1, 0.15) is 11.4 Å². The maximum atomic E-state index is 12.3. The summed E-state index contributed by atoms with van der Waals surface area (Å²) in [5, 5.41) is 11.8. The molecule has 0 spiro atoms. The third-order valence-corrected chi connectivity index (χ3v) is 4.08. The Morgan fingerprint density at radius 2 is 2.09 bits per heavy atom. The summed E-state index contributed by atoms with van der Waals surface area (Å²) in [6.45, 7) is 0. The molecule has 1 aromatic heterocycles. The van der Waals surface area contributed by atoms with E-state index in [1.165, 1.54) is 24.5 Å². The average Bonchev–Trinajstić information content (AvgIpc) is 2.97. The number of rotatable bonds is 5. The van der Waals surface area contributed by atoms with Crippen molar-refractivity contribution in [1.29, 1.82) is 0 Å². The monoisotopic (exact) mass is 331 g/mol. The van der Waals surface area contributed by atoms with Crippen LogP contribution in [0.25, 0.3) is 10.2 Å². The predicted octanol–water partition coefficient (Wildman–Crippen LogP) is 3.37. The molecule has 3 N–H and O–H groups in total. The molecule has 0 radical (unpaired) electrons. The molecule has 0 aliphatic heterocycles. The van der Waals surface area contributed by atoms with Gasteiger partial charge in [-0.25, -0.2) is 15.7 Å². The summed E-state index contributed by atoms with van der Waals surface area (Å²) in [6, 6.07) is 12.3. The number of aromatic nitrogens is 1. The van der Waals surface area contributed by atoms with Gasteiger partial charge in [0.15, 0.2) is 5.13 Å². The summed E-state index contributed by atoms with van der Waals surface area (Å²) in [7, 11) is 1.47. The summed E-state index contributed by atoms with van der Waals surface area (Å²) in [4.78, 5) is 20.6. The second kappa shape index (κ2) is 6.61. The molecule has 0 aliphatic rings. The highest BCUT2D eigenvalue weighted by atomic mass is 32.1. The van der Waals surface area contributed by atoms with Crippen molar-refractivity contribution in [2.45, 2.75) is 0 Å². The highest BCUT2D eigenvalue weighted by Gasteiger charge is 2.13. The maximum absolute atomic E-state index is 12.3. The largest absolute Gasteiger partial charge is 0.495 e. The van der Waals surface area contributed by atoms with Gasteiger partial charge in [-0.3, -0.25) is 10.1 Å². The van der Waals surface area contributed by atoms with Crippen molar-refractivity contribution in [3.05, 3.63) is 48.0 Å². The van der Waals surface area contributed by atoms with E-state index in [4.69, 9.17) is 9.99 Å². The smallest absolute Gasteiger partial charge is 0.257 e. The van der Waals surface area contributed by atoms with Crippen molar-refractivity contribution in [2.24, 2.45) is 0 Å². The first kappa shape index (κ1) is 15.2. The molecule has 0 bridgehead atoms. The molecule has 7 nitrogen and oxygen atoms in total. The van der Waals surface area contributed by atoms with Crippen LogP contribution < -0.4 is 15.5 Å². The molecule has 3 rings (SSSR count). The Labute approximate surface area is 135 Å². The molecular formula is C15H13N3O4S. The topological polar surface area (TPSA) is 92.7 Å². The lowest BCUT2D eigenvalue weighted by Gasteiger charge is -2.09. The van der Waals surface area contributed by atoms with E-state index in [1.807, 2.05) is 24.3 Å². The highest BCUT2D eigenvalue weighted by Crippen LogP contribution is 2.28. The number of carbonyl (C=O) groups is 1. The molecule has 118 valence electrons. The number of carbonyl (C=O) groups excluding carboxylic acids is 1. The van der Waals surface area contributed by atoms with Crippen molar-refractivity contribution in [3.63, 3.8) is 0 Å². The number of nitrogens with zero attached hydrogens (tertiary/aromatic N) is 1. The van der Waals surface area contributed by atoms with Gasteiger partial charge in [-0.05, 0) is 30.3 Å². The molecule has 0 atom stereocenters. The summed E-state index contributed by atoms with van der Waals surface area (Å²) in [5.74, 6) is 0.100. The van der Waals surface area contributed by atoms with Crippen LogP contribution in [0.2, 0.25) is 0 Å². The number of hydrogen-bond donors (Lipinski definition) is 3. The van der Waals surface area contributed by atoms with Crippen LogP contribution in [-0.2, 0) is 4.99 Å². The molecule has 1 amide bonds. The highest BCUT2D eigenvalue weighted by molar-refractivity contribution is 7.22. The second-order valence-electron chi connectivity index (χ2n) is 4.55. The van der Waals surface area contributed by atoms with E-state index < -0.39 is 0 Å². The van der Waals surface area contributed by atoms with Crippen LogP contribution >= 0.6 is 11.3 Å². The van der Waals surface area contributed by atoms with Crippen molar-refractivity contribution in [2.75, 3.05) is 17.9 Å². The fourth-order valence-electron chi connectivity index (χ4n) is 2.07. The number of ether oxygens (including phenoxy) is 1. The standard InChI is InChI=1S/C15H13N3O4S/c1-21-12-7-6-9(8-11(12)18-22-20)14(19)17-15-16-10-4-2-3-5-13(10)23-15/h2-8,18,20H,1H3,(H,16,17,19). The number of amides is 1. The summed E-state index contributed by atoms with van der Waals surface area (Å²) >= 11 is 1.39. The van der Waals surface area contributed by atoms with Crippen molar-refractivity contribution < 1.29 is 19.8 Å². The molecule has 3 aromatic rings. The number of nitrogens with one attached hydrogen (secondary N) is 2. The zero-order valence-electron chi connectivity index (χ0n) is 12.1. The summed E-state index contributed by atoms with van der Waals surface area (Å²) < 4.78 is 6.09. The van der Waals surface area contributed by atoms with Gasteiger partial charge in [-0.15, -0.1) is 4.99 Å². The van der Waals surface area contributed by atoms with Crippen molar-refractivity contribution in [3.8, 4) is 5.75 Å². The molecule has 23 heavy (non-hydrogen) atoms. The molecule has 0 aliphatic carbocycles. The minimum absolute atomic E-state index is 0.326. The predicted molar refractivity (Wildman–Crippen MR) is 87.9 cm³/mol. The van der Waals surface area contributed by atoms with Crippen LogP contribution in [0.4, 0.5) is 10.8 Å². The number of thiazole rings is 1. The number of fused-ring (bicyclic) bond motifs is 1. The Bertz CT molecular complexity index is 817. The van der Waals surface area contributed by atoms with E-state index in [-0.39, 0.29) is 5.91 Å². The third-order valence-electron chi connectivity index (χ3n) is 3.13. The molecule has 1 heterocycles. The van der Waals surface area contributed by atoms with Gasteiger partial charge in [0.2, 0.25) is 0 Å². The third kappa shape index (κ3) is 3.24. The molecule has 0 fully saturated rings. The van der Waals surface area contributed by atoms with E-state index in [0.717, 1.165) is 10.2 Å². The first-order chi connectivity index (χ1) is 11.2. The van der Waals surface area contributed by atoms with Crippen LogP contribution in [0.3, 0.4) is 0 Å². The average molecular weight is 331 g/mol. The fourth-order valence-corrected chi connectivity index (χ4v) is 2.93. The Morgan fingerprint density at radius 3 is 2.83 bits per heavy atom. The first-order valence-electron chi connectivity index (χ1n) is 6.62. The molecule has 2 aromatic carbocycles. The lowest BCUT2D eigenvalue weighted by molar-refractivity contribution is -0.215. The van der Waals surface area contributed by atoms with E-state index in [1.54, 1.807) is 12.1 Å². The van der Waals surface area contributed by atoms with Gasteiger partial charge in [0, 0.05) is 5.56 Å². The maximum Gasteiger partial charge on any atom is 0.257 e. The van der Waals surface area contributed by atoms with Gasteiger partial charge in [0.05, 0.1) is 17.3 Å². The Kier molecular flexibility index (Phi) is 4.38. The van der Waals surface area contributed by atoms with E-state index in [0.29, 0.717) is 22.1 Å². The van der Waals surface area contributed by atoms with E-state index >= 15 is 0 Å². The SMILES string of the molecule is COc1ccc(C(=O)Nc2nc3ccccc3s2)cc1NOO.